The van der Waals surface area contributed by atoms with E-state index in [1.807, 2.05) is 6.07 Å². The Labute approximate surface area is 116 Å². The molecule has 0 spiro atoms. The third kappa shape index (κ3) is 2.40. The molecular weight excluding hydrogens is 254 g/mol. The topological polar surface area (TPSA) is 30.7 Å². The first-order valence-corrected chi connectivity index (χ1v) is 7.51. The van der Waals surface area contributed by atoms with Gasteiger partial charge in [0, 0.05) is 5.69 Å². The zero-order valence-electron chi connectivity index (χ0n) is 11.3. The van der Waals surface area contributed by atoms with E-state index in [4.69, 9.17) is 0 Å². The highest BCUT2D eigenvalue weighted by atomic mass is 32.1. The molecule has 98 valence electrons. The zero-order chi connectivity index (χ0) is 13.2. The van der Waals surface area contributed by atoms with Gasteiger partial charge in [0.15, 0.2) is 0 Å². The molecule has 0 unspecified atom stereocenters. The average Bonchev–Trinajstić information content (AvgIpc) is 3.01. The molecule has 19 heavy (non-hydrogen) atoms. The van der Waals surface area contributed by atoms with Crippen LogP contribution in [0, 0.1) is 0 Å². The molecule has 0 atom stereocenters. The number of hydrogen-bond acceptors (Lipinski definition) is 3. The highest BCUT2D eigenvalue weighted by molar-refractivity contribution is 7.18. The minimum absolute atomic E-state index is 0.780. The van der Waals surface area contributed by atoms with E-state index in [-0.39, 0.29) is 0 Å². The van der Waals surface area contributed by atoms with Gasteiger partial charge in [0.2, 0.25) is 0 Å². The van der Waals surface area contributed by atoms with Crippen LogP contribution in [0.1, 0.15) is 30.2 Å². The Bertz CT molecular complexity index is 663. The van der Waals surface area contributed by atoms with Crippen LogP contribution in [0.3, 0.4) is 0 Å². The van der Waals surface area contributed by atoms with Crippen molar-refractivity contribution in [2.45, 2.75) is 33.2 Å². The number of benzene rings is 1. The van der Waals surface area contributed by atoms with E-state index < -0.39 is 0 Å². The lowest BCUT2D eigenvalue weighted by molar-refractivity contribution is 0.639. The summed E-state index contributed by atoms with van der Waals surface area (Å²) in [5.41, 5.74) is 3.54. The highest BCUT2D eigenvalue weighted by Crippen LogP contribution is 2.22. The van der Waals surface area contributed by atoms with Crippen LogP contribution in [0.2, 0.25) is 0 Å². The lowest BCUT2D eigenvalue weighted by Crippen LogP contribution is -2.05. The summed E-state index contributed by atoms with van der Waals surface area (Å²) in [6.07, 6.45) is 2.00. The molecule has 0 saturated carbocycles. The maximum Gasteiger partial charge on any atom is 0.115 e. The van der Waals surface area contributed by atoms with Crippen molar-refractivity contribution in [3.8, 4) is 0 Å². The molecule has 0 saturated heterocycles. The number of thiazole rings is 1. The van der Waals surface area contributed by atoms with E-state index in [0.717, 1.165) is 35.6 Å². The maximum absolute atomic E-state index is 4.68. The van der Waals surface area contributed by atoms with Crippen molar-refractivity contribution in [1.29, 1.82) is 0 Å². The number of aromatic nitrogens is 3. The molecule has 0 aliphatic carbocycles. The number of rotatable bonds is 4. The molecule has 1 aromatic carbocycles. The summed E-state index contributed by atoms with van der Waals surface area (Å²) >= 11 is 1.76. The van der Waals surface area contributed by atoms with Gasteiger partial charge in [-0.25, -0.2) is 4.98 Å². The first kappa shape index (κ1) is 12.4. The zero-order valence-corrected chi connectivity index (χ0v) is 12.1. The Kier molecular flexibility index (Phi) is 3.34. The molecule has 0 fully saturated rings. The molecule has 0 aliphatic heterocycles. The third-order valence-electron chi connectivity index (χ3n) is 3.26. The van der Waals surface area contributed by atoms with Crippen molar-refractivity contribution in [2.75, 3.05) is 0 Å². The molecule has 3 aromatic rings. The van der Waals surface area contributed by atoms with Gasteiger partial charge in [-0.15, -0.1) is 11.3 Å². The molecular formula is C15H17N3S. The SMILES string of the molecule is CCc1cc(CC)n(Cc2nc3ccccc3s2)n1. The number of hydrogen-bond donors (Lipinski definition) is 0. The minimum atomic E-state index is 0.780. The second kappa shape index (κ2) is 5.13. The van der Waals surface area contributed by atoms with Gasteiger partial charge >= 0.3 is 0 Å². The third-order valence-corrected chi connectivity index (χ3v) is 4.28. The van der Waals surface area contributed by atoms with Crippen LogP contribution in [-0.4, -0.2) is 14.8 Å². The largest absolute Gasteiger partial charge is 0.262 e. The van der Waals surface area contributed by atoms with Gasteiger partial charge in [-0.05, 0) is 31.0 Å². The molecule has 2 heterocycles. The molecule has 0 bridgehead atoms. The van der Waals surface area contributed by atoms with Gasteiger partial charge in [-0.1, -0.05) is 26.0 Å². The van der Waals surface area contributed by atoms with Crippen LogP contribution >= 0.6 is 11.3 Å². The van der Waals surface area contributed by atoms with Crippen LogP contribution in [0.25, 0.3) is 10.2 Å². The van der Waals surface area contributed by atoms with E-state index in [1.54, 1.807) is 11.3 Å². The molecule has 0 radical (unpaired) electrons. The summed E-state index contributed by atoms with van der Waals surface area (Å²) < 4.78 is 3.34. The predicted molar refractivity (Wildman–Crippen MR) is 79.7 cm³/mol. The minimum Gasteiger partial charge on any atom is -0.262 e. The smallest absolute Gasteiger partial charge is 0.115 e. The fraction of sp³-hybridized carbons (Fsp3) is 0.333. The van der Waals surface area contributed by atoms with Gasteiger partial charge in [0.05, 0.1) is 22.5 Å². The molecule has 3 nitrogen and oxygen atoms in total. The van der Waals surface area contributed by atoms with Crippen molar-refractivity contribution >= 4 is 21.6 Å². The number of fused-ring (bicyclic) bond motifs is 1. The van der Waals surface area contributed by atoms with E-state index in [0.29, 0.717) is 0 Å². The molecule has 2 aromatic heterocycles. The molecule has 0 amide bonds. The van der Waals surface area contributed by atoms with Gasteiger partial charge in [0.1, 0.15) is 5.01 Å². The average molecular weight is 271 g/mol. The fourth-order valence-corrected chi connectivity index (χ4v) is 3.17. The van der Waals surface area contributed by atoms with Crippen LogP contribution < -0.4 is 0 Å². The summed E-state index contributed by atoms with van der Waals surface area (Å²) in [7, 11) is 0. The summed E-state index contributed by atoms with van der Waals surface area (Å²) in [6, 6.07) is 10.5. The lowest BCUT2D eigenvalue weighted by Gasteiger charge is -2.02. The molecule has 4 heteroatoms. The van der Waals surface area contributed by atoms with E-state index in [1.165, 1.54) is 10.4 Å². The standard InChI is InChI=1S/C15H17N3S/c1-3-11-9-12(4-2)18(17-11)10-15-16-13-7-5-6-8-14(13)19-15/h5-9H,3-4,10H2,1-2H3. The van der Waals surface area contributed by atoms with Crippen LogP contribution in [-0.2, 0) is 19.4 Å². The van der Waals surface area contributed by atoms with Crippen LogP contribution in [0.4, 0.5) is 0 Å². The second-order valence-corrected chi connectivity index (χ2v) is 5.68. The second-order valence-electron chi connectivity index (χ2n) is 4.57. The number of nitrogens with zero attached hydrogens (tertiary/aromatic N) is 3. The summed E-state index contributed by atoms with van der Waals surface area (Å²) in [6.45, 7) is 5.09. The normalized spacial score (nSPS) is 11.3. The Hall–Kier alpha value is -1.68. The van der Waals surface area contributed by atoms with E-state index in [2.05, 4.69) is 52.9 Å². The maximum atomic E-state index is 4.68. The Morgan fingerprint density at radius 2 is 2.00 bits per heavy atom. The van der Waals surface area contributed by atoms with Gasteiger partial charge in [-0.3, -0.25) is 4.68 Å². The number of aryl methyl sites for hydroxylation is 2. The summed E-state index contributed by atoms with van der Waals surface area (Å²) in [5, 5.41) is 5.77. The van der Waals surface area contributed by atoms with Crippen molar-refractivity contribution in [1.82, 2.24) is 14.8 Å². The molecule has 0 aliphatic rings. The fourth-order valence-electron chi connectivity index (χ4n) is 2.22. The quantitative estimate of drug-likeness (QED) is 0.725. The Balaban J connectivity index is 1.93. The lowest BCUT2D eigenvalue weighted by atomic mass is 10.3. The molecule has 0 N–H and O–H groups in total. The first-order chi connectivity index (χ1) is 9.30. The summed E-state index contributed by atoms with van der Waals surface area (Å²) in [4.78, 5) is 4.68. The van der Waals surface area contributed by atoms with Crippen molar-refractivity contribution < 1.29 is 0 Å². The van der Waals surface area contributed by atoms with Crippen molar-refractivity contribution in [2.24, 2.45) is 0 Å². The van der Waals surface area contributed by atoms with E-state index >= 15 is 0 Å². The van der Waals surface area contributed by atoms with Gasteiger partial charge in [-0.2, -0.15) is 5.10 Å². The van der Waals surface area contributed by atoms with E-state index in [9.17, 15) is 0 Å². The Morgan fingerprint density at radius 3 is 2.74 bits per heavy atom. The van der Waals surface area contributed by atoms with Crippen molar-refractivity contribution in [3.63, 3.8) is 0 Å². The Morgan fingerprint density at radius 1 is 1.16 bits per heavy atom. The predicted octanol–water partition coefficient (Wildman–Crippen LogP) is 3.67. The van der Waals surface area contributed by atoms with Crippen LogP contribution in [0.5, 0.6) is 0 Å². The first-order valence-electron chi connectivity index (χ1n) is 6.70. The van der Waals surface area contributed by atoms with Crippen LogP contribution in [0.15, 0.2) is 30.3 Å². The van der Waals surface area contributed by atoms with Gasteiger partial charge in [0.25, 0.3) is 0 Å². The highest BCUT2D eigenvalue weighted by Gasteiger charge is 2.09. The molecule has 3 rings (SSSR count). The summed E-state index contributed by atoms with van der Waals surface area (Å²) in [5.74, 6) is 0. The van der Waals surface area contributed by atoms with Crippen molar-refractivity contribution in [3.05, 3.63) is 46.7 Å². The van der Waals surface area contributed by atoms with Gasteiger partial charge < -0.3 is 0 Å². The number of para-hydroxylation sites is 1. The monoisotopic (exact) mass is 271 g/mol.